The highest BCUT2D eigenvalue weighted by Crippen LogP contribution is 2.28. The van der Waals surface area contributed by atoms with Gasteiger partial charge < -0.3 is 20.3 Å². The molecule has 8 nitrogen and oxygen atoms in total. The van der Waals surface area contributed by atoms with E-state index in [0.717, 1.165) is 28.1 Å². The van der Waals surface area contributed by atoms with Crippen LogP contribution in [0.4, 0.5) is 0 Å². The summed E-state index contributed by atoms with van der Waals surface area (Å²) < 4.78 is 5.37. The number of carbonyl (C=O) groups is 3. The maximum absolute atomic E-state index is 13.7. The second-order valence-electron chi connectivity index (χ2n) is 11.1. The fourth-order valence-electron chi connectivity index (χ4n) is 5.00. The highest BCUT2D eigenvalue weighted by atomic mass is 32.1. The van der Waals surface area contributed by atoms with Gasteiger partial charge in [-0.05, 0) is 49.1 Å². The van der Waals surface area contributed by atoms with Crippen molar-refractivity contribution in [1.29, 1.82) is 0 Å². The topological polar surface area (TPSA) is 101 Å². The van der Waals surface area contributed by atoms with Gasteiger partial charge in [-0.3, -0.25) is 14.4 Å². The average Bonchev–Trinajstić information content (AvgIpc) is 3.55. The van der Waals surface area contributed by atoms with Gasteiger partial charge in [0.1, 0.15) is 12.1 Å². The molecule has 200 valence electrons. The molecule has 0 spiro atoms. The Bertz CT molecular complexity index is 1100. The second-order valence-corrected chi connectivity index (χ2v) is 11.9. The number of hydrogen-bond donors (Lipinski definition) is 2. The summed E-state index contributed by atoms with van der Waals surface area (Å²) in [6.45, 7) is 9.87. The summed E-state index contributed by atoms with van der Waals surface area (Å²) in [6.07, 6.45) is 2.70. The molecule has 2 N–H and O–H groups in total. The molecule has 1 aromatic carbocycles. The van der Waals surface area contributed by atoms with Crippen LogP contribution in [0.2, 0.25) is 0 Å². The third kappa shape index (κ3) is 6.57. The minimum absolute atomic E-state index is 0.103. The summed E-state index contributed by atoms with van der Waals surface area (Å²) in [5.74, 6) is -0.587. The summed E-state index contributed by atoms with van der Waals surface area (Å²) in [4.78, 5) is 46.9. The summed E-state index contributed by atoms with van der Waals surface area (Å²) in [5, 5.41) is 6.04. The third-order valence-corrected chi connectivity index (χ3v) is 8.24. The van der Waals surface area contributed by atoms with Gasteiger partial charge in [0.05, 0.1) is 16.1 Å². The van der Waals surface area contributed by atoms with Crippen LogP contribution in [0.15, 0.2) is 29.8 Å². The van der Waals surface area contributed by atoms with Crippen molar-refractivity contribution in [2.45, 2.75) is 72.0 Å². The zero-order valence-electron chi connectivity index (χ0n) is 22.2. The van der Waals surface area contributed by atoms with Gasteiger partial charge in [0.2, 0.25) is 17.7 Å². The van der Waals surface area contributed by atoms with E-state index in [4.69, 9.17) is 4.74 Å². The smallest absolute Gasteiger partial charge is 0.246 e. The molecule has 3 heterocycles. The van der Waals surface area contributed by atoms with E-state index in [-0.39, 0.29) is 23.6 Å². The van der Waals surface area contributed by atoms with Crippen molar-refractivity contribution >= 4 is 29.1 Å². The maximum atomic E-state index is 13.7. The molecule has 2 aromatic rings. The van der Waals surface area contributed by atoms with Crippen LogP contribution in [-0.4, -0.2) is 59.4 Å². The predicted octanol–water partition coefficient (Wildman–Crippen LogP) is 3.68. The van der Waals surface area contributed by atoms with Crippen LogP contribution < -0.4 is 10.6 Å². The summed E-state index contributed by atoms with van der Waals surface area (Å²) in [6, 6.07) is 6.88. The fraction of sp³-hybridized carbons (Fsp3) is 0.571. The normalized spacial score (nSPS) is 19.5. The highest BCUT2D eigenvalue weighted by molar-refractivity contribution is 7.13. The number of nitrogens with one attached hydrogen (secondary N) is 2. The van der Waals surface area contributed by atoms with E-state index in [0.29, 0.717) is 45.6 Å². The van der Waals surface area contributed by atoms with Gasteiger partial charge in [0.25, 0.3) is 0 Å². The lowest BCUT2D eigenvalue weighted by molar-refractivity contribution is -0.145. The molecule has 4 rings (SSSR count). The van der Waals surface area contributed by atoms with Crippen molar-refractivity contribution in [2.24, 2.45) is 11.3 Å². The number of amides is 3. The monoisotopic (exact) mass is 526 g/mol. The van der Waals surface area contributed by atoms with Gasteiger partial charge in [-0.15, -0.1) is 11.3 Å². The molecule has 3 amide bonds. The fourth-order valence-corrected chi connectivity index (χ4v) is 5.81. The molecule has 9 heteroatoms. The minimum atomic E-state index is -0.695. The zero-order valence-corrected chi connectivity index (χ0v) is 23.0. The van der Waals surface area contributed by atoms with Crippen molar-refractivity contribution in [2.75, 3.05) is 19.8 Å². The molecule has 2 saturated heterocycles. The first-order chi connectivity index (χ1) is 17.6. The Balaban J connectivity index is 1.38. The minimum Gasteiger partial charge on any atom is -0.381 e. The zero-order chi connectivity index (χ0) is 26.6. The maximum Gasteiger partial charge on any atom is 0.246 e. The molecule has 0 aliphatic carbocycles. The molecule has 2 fully saturated rings. The van der Waals surface area contributed by atoms with Gasteiger partial charge in [0, 0.05) is 32.2 Å². The third-order valence-electron chi connectivity index (χ3n) is 7.26. The lowest BCUT2D eigenvalue weighted by atomic mass is 9.84. The van der Waals surface area contributed by atoms with Crippen LogP contribution >= 0.6 is 11.3 Å². The van der Waals surface area contributed by atoms with E-state index in [2.05, 4.69) is 15.6 Å². The van der Waals surface area contributed by atoms with E-state index in [1.54, 1.807) is 16.2 Å². The first-order valence-electron chi connectivity index (χ1n) is 13.1. The molecule has 2 aliphatic rings. The lowest BCUT2D eigenvalue weighted by Crippen LogP contribution is -2.58. The summed E-state index contributed by atoms with van der Waals surface area (Å²) in [5.41, 5.74) is 4.47. The highest BCUT2D eigenvalue weighted by Gasteiger charge is 2.42. The van der Waals surface area contributed by atoms with Gasteiger partial charge in [-0.2, -0.15) is 0 Å². The second kappa shape index (κ2) is 11.7. The van der Waals surface area contributed by atoms with Crippen LogP contribution in [0.3, 0.4) is 0 Å². The number of nitrogens with zero attached hydrogens (tertiary/aromatic N) is 2. The number of aromatic nitrogens is 1. The summed E-state index contributed by atoms with van der Waals surface area (Å²) >= 11 is 1.61. The van der Waals surface area contributed by atoms with Crippen molar-refractivity contribution in [3.8, 4) is 10.4 Å². The SMILES string of the molecule is Cc1ncsc1-c1ccc(CNC(=O)C2CCCN2C(=O)[C@@H](NC(=O)C2CCOCC2)C(C)(C)C)cc1. The molecule has 1 unspecified atom stereocenters. The van der Waals surface area contributed by atoms with E-state index in [9.17, 15) is 14.4 Å². The van der Waals surface area contributed by atoms with Crippen LogP contribution in [-0.2, 0) is 25.7 Å². The molecule has 2 aliphatic heterocycles. The number of thiazole rings is 1. The molecular weight excluding hydrogens is 488 g/mol. The molecule has 0 saturated carbocycles. The Morgan fingerprint density at radius 1 is 1.11 bits per heavy atom. The Kier molecular flexibility index (Phi) is 8.64. The largest absolute Gasteiger partial charge is 0.381 e. The molecular formula is C28H38N4O4S. The van der Waals surface area contributed by atoms with Gasteiger partial charge in [-0.1, -0.05) is 45.0 Å². The van der Waals surface area contributed by atoms with Crippen LogP contribution in [0.5, 0.6) is 0 Å². The molecule has 1 aromatic heterocycles. The Labute approximate surface area is 223 Å². The number of ether oxygens (including phenoxy) is 1. The van der Waals surface area contributed by atoms with Gasteiger partial charge >= 0.3 is 0 Å². The molecule has 0 radical (unpaired) electrons. The van der Waals surface area contributed by atoms with E-state index in [1.807, 2.05) is 57.5 Å². The first kappa shape index (κ1) is 27.3. The lowest BCUT2D eigenvalue weighted by Gasteiger charge is -2.36. The first-order valence-corrected chi connectivity index (χ1v) is 14.0. The number of benzene rings is 1. The van der Waals surface area contributed by atoms with Crippen LogP contribution in [0, 0.1) is 18.3 Å². The number of carbonyl (C=O) groups excluding carboxylic acids is 3. The Morgan fingerprint density at radius 2 is 1.81 bits per heavy atom. The standard InChI is InChI=1S/C28H38N4O4S/c1-18-23(37-17-30-18)20-9-7-19(8-10-20)16-29-26(34)22-6-5-13-32(22)27(35)24(28(2,3)4)31-25(33)21-11-14-36-15-12-21/h7-10,17,21-22,24H,5-6,11-16H2,1-4H3,(H,29,34)(H,31,33)/t22?,24-/m1/s1. The van der Waals surface area contributed by atoms with Gasteiger partial charge in [-0.25, -0.2) is 4.98 Å². The number of likely N-dealkylation sites (tertiary alicyclic amines) is 1. The Hall–Kier alpha value is -2.78. The molecule has 0 bridgehead atoms. The van der Waals surface area contributed by atoms with Crippen LogP contribution in [0.25, 0.3) is 10.4 Å². The van der Waals surface area contributed by atoms with Crippen LogP contribution in [0.1, 0.15) is 57.7 Å². The summed E-state index contributed by atoms with van der Waals surface area (Å²) in [7, 11) is 0. The molecule has 37 heavy (non-hydrogen) atoms. The molecule has 2 atom stereocenters. The van der Waals surface area contributed by atoms with Crippen molar-refractivity contribution < 1.29 is 19.1 Å². The van der Waals surface area contributed by atoms with Crippen molar-refractivity contribution in [3.63, 3.8) is 0 Å². The van der Waals surface area contributed by atoms with Crippen molar-refractivity contribution in [3.05, 3.63) is 41.0 Å². The van der Waals surface area contributed by atoms with Gasteiger partial charge in [0.15, 0.2) is 0 Å². The van der Waals surface area contributed by atoms with E-state index in [1.165, 1.54) is 0 Å². The average molecular weight is 527 g/mol. The number of rotatable bonds is 7. The Morgan fingerprint density at radius 3 is 2.43 bits per heavy atom. The number of hydrogen-bond acceptors (Lipinski definition) is 6. The van der Waals surface area contributed by atoms with E-state index >= 15 is 0 Å². The quantitative estimate of drug-likeness (QED) is 0.573. The number of aryl methyl sites for hydroxylation is 1. The van der Waals surface area contributed by atoms with E-state index < -0.39 is 17.5 Å². The predicted molar refractivity (Wildman–Crippen MR) is 144 cm³/mol. The van der Waals surface area contributed by atoms with Crippen molar-refractivity contribution in [1.82, 2.24) is 20.5 Å².